The third kappa shape index (κ3) is 5.00. The number of rotatable bonds is 5. The normalized spacial score (nSPS) is 11.8. The molecule has 0 saturated heterocycles. The van der Waals surface area contributed by atoms with Crippen LogP contribution in [-0.4, -0.2) is 28.7 Å². The van der Waals surface area contributed by atoms with Gasteiger partial charge >= 0.3 is 0 Å². The quantitative estimate of drug-likeness (QED) is 0.546. The van der Waals surface area contributed by atoms with Crippen LogP contribution >= 0.6 is 0 Å². The zero-order chi connectivity index (χ0) is 22.5. The Morgan fingerprint density at radius 1 is 0.839 bits per heavy atom. The van der Waals surface area contributed by atoms with E-state index < -0.39 is 46.9 Å². The topological polar surface area (TPSA) is 100 Å². The number of hydrazine groups is 1. The Balaban J connectivity index is 1.67. The molecule has 0 aliphatic heterocycles. The first-order valence-corrected chi connectivity index (χ1v) is 9.48. The van der Waals surface area contributed by atoms with Crippen LogP contribution in [0, 0.1) is 17.6 Å². The van der Waals surface area contributed by atoms with E-state index in [0.717, 1.165) is 23.6 Å². The van der Waals surface area contributed by atoms with Crippen LogP contribution in [0.5, 0.6) is 0 Å². The summed E-state index contributed by atoms with van der Waals surface area (Å²) in [4.78, 5) is 41.4. The SMILES string of the molecule is CC(C)[C@H](NC(=O)c1c(F)cccc1F)C(=O)NNC(=O)c1ccc2ccccc2n1. The molecule has 160 valence electrons. The minimum atomic E-state index is -1.16. The third-order valence-electron chi connectivity index (χ3n) is 4.56. The highest BCUT2D eigenvalue weighted by Crippen LogP contribution is 2.14. The summed E-state index contributed by atoms with van der Waals surface area (Å²) in [6.07, 6.45) is 0. The summed E-state index contributed by atoms with van der Waals surface area (Å²) in [6.45, 7) is 3.27. The fourth-order valence-corrected chi connectivity index (χ4v) is 2.92. The summed E-state index contributed by atoms with van der Waals surface area (Å²) in [7, 11) is 0. The van der Waals surface area contributed by atoms with Crippen LogP contribution < -0.4 is 16.2 Å². The number of pyridine rings is 1. The van der Waals surface area contributed by atoms with E-state index >= 15 is 0 Å². The fraction of sp³-hybridized carbons (Fsp3) is 0.182. The van der Waals surface area contributed by atoms with E-state index in [-0.39, 0.29) is 5.69 Å². The smallest absolute Gasteiger partial charge is 0.288 e. The molecular weight excluding hydrogens is 406 g/mol. The van der Waals surface area contributed by atoms with Crippen molar-refractivity contribution in [3.8, 4) is 0 Å². The zero-order valence-corrected chi connectivity index (χ0v) is 16.8. The molecule has 0 spiro atoms. The number of carbonyl (C=O) groups excluding carboxylic acids is 3. The Morgan fingerprint density at radius 3 is 2.19 bits per heavy atom. The van der Waals surface area contributed by atoms with Gasteiger partial charge in [-0.3, -0.25) is 25.2 Å². The molecule has 1 heterocycles. The molecule has 0 bridgehead atoms. The first kappa shape index (κ1) is 21.8. The minimum Gasteiger partial charge on any atom is -0.340 e. The molecule has 3 aromatic rings. The summed E-state index contributed by atoms with van der Waals surface area (Å²) in [5, 5.41) is 3.16. The van der Waals surface area contributed by atoms with Crippen LogP contribution in [0.1, 0.15) is 34.7 Å². The van der Waals surface area contributed by atoms with E-state index in [0.29, 0.717) is 5.52 Å². The van der Waals surface area contributed by atoms with Crippen LogP contribution in [0.25, 0.3) is 10.9 Å². The molecule has 3 N–H and O–H groups in total. The van der Waals surface area contributed by atoms with Crippen molar-refractivity contribution in [2.24, 2.45) is 5.92 Å². The Kier molecular flexibility index (Phi) is 6.54. The summed E-state index contributed by atoms with van der Waals surface area (Å²) in [5.74, 6) is -5.02. The van der Waals surface area contributed by atoms with Crippen molar-refractivity contribution in [2.75, 3.05) is 0 Å². The molecule has 7 nitrogen and oxygen atoms in total. The van der Waals surface area contributed by atoms with Gasteiger partial charge in [0.25, 0.3) is 17.7 Å². The molecule has 0 saturated carbocycles. The zero-order valence-electron chi connectivity index (χ0n) is 16.8. The molecule has 2 aromatic carbocycles. The predicted octanol–water partition coefficient (Wildman–Crippen LogP) is 2.73. The highest BCUT2D eigenvalue weighted by molar-refractivity contribution is 5.99. The van der Waals surface area contributed by atoms with Crippen molar-refractivity contribution in [1.29, 1.82) is 0 Å². The maximum atomic E-state index is 13.8. The van der Waals surface area contributed by atoms with Gasteiger partial charge in [-0.1, -0.05) is 44.2 Å². The summed E-state index contributed by atoms with van der Waals surface area (Å²) >= 11 is 0. The molecule has 9 heteroatoms. The predicted molar refractivity (Wildman–Crippen MR) is 110 cm³/mol. The van der Waals surface area contributed by atoms with Crippen LogP contribution in [-0.2, 0) is 4.79 Å². The monoisotopic (exact) mass is 426 g/mol. The van der Waals surface area contributed by atoms with E-state index in [4.69, 9.17) is 0 Å². The van der Waals surface area contributed by atoms with E-state index in [1.807, 2.05) is 12.1 Å². The Bertz CT molecular complexity index is 1130. The van der Waals surface area contributed by atoms with Gasteiger partial charge in [0.1, 0.15) is 28.9 Å². The molecule has 0 aliphatic carbocycles. The van der Waals surface area contributed by atoms with E-state index in [2.05, 4.69) is 21.2 Å². The molecular formula is C22H20F2N4O3. The van der Waals surface area contributed by atoms with Gasteiger partial charge in [-0.2, -0.15) is 0 Å². The average Bonchev–Trinajstić information content (AvgIpc) is 2.74. The summed E-state index contributed by atoms with van der Waals surface area (Å²) < 4.78 is 27.7. The molecule has 0 radical (unpaired) electrons. The molecule has 1 atom stereocenters. The highest BCUT2D eigenvalue weighted by atomic mass is 19.1. The molecule has 3 amide bonds. The molecule has 0 aliphatic rings. The number of hydrogen-bond acceptors (Lipinski definition) is 4. The number of hydrogen-bond donors (Lipinski definition) is 3. The number of nitrogens with zero attached hydrogens (tertiary/aromatic N) is 1. The van der Waals surface area contributed by atoms with Crippen LogP contribution in [0.3, 0.4) is 0 Å². The molecule has 0 fully saturated rings. The first-order chi connectivity index (χ1) is 14.8. The van der Waals surface area contributed by atoms with Gasteiger partial charge in [-0.15, -0.1) is 0 Å². The van der Waals surface area contributed by atoms with Crippen molar-refractivity contribution in [3.05, 3.63) is 77.5 Å². The molecule has 1 aromatic heterocycles. The number of fused-ring (bicyclic) bond motifs is 1. The lowest BCUT2D eigenvalue weighted by molar-refractivity contribution is -0.124. The fourth-order valence-electron chi connectivity index (χ4n) is 2.92. The molecule has 3 rings (SSSR count). The number of halogens is 2. The van der Waals surface area contributed by atoms with Gasteiger partial charge in [0.15, 0.2) is 0 Å². The van der Waals surface area contributed by atoms with Crippen LogP contribution in [0.2, 0.25) is 0 Å². The van der Waals surface area contributed by atoms with Crippen molar-refractivity contribution < 1.29 is 23.2 Å². The Labute approximate surface area is 176 Å². The van der Waals surface area contributed by atoms with Crippen molar-refractivity contribution in [1.82, 2.24) is 21.2 Å². The largest absolute Gasteiger partial charge is 0.340 e. The number of amides is 3. The first-order valence-electron chi connectivity index (χ1n) is 9.48. The lowest BCUT2D eigenvalue weighted by Crippen LogP contribution is -2.54. The third-order valence-corrected chi connectivity index (χ3v) is 4.56. The van der Waals surface area contributed by atoms with Gasteiger partial charge in [-0.05, 0) is 30.2 Å². The maximum Gasteiger partial charge on any atom is 0.288 e. The van der Waals surface area contributed by atoms with Gasteiger partial charge < -0.3 is 5.32 Å². The maximum absolute atomic E-state index is 13.8. The number of nitrogens with one attached hydrogen (secondary N) is 3. The van der Waals surface area contributed by atoms with Gasteiger partial charge in [-0.25, -0.2) is 13.8 Å². The Hall–Kier alpha value is -3.88. The minimum absolute atomic E-state index is 0.0811. The number of para-hydroxylation sites is 1. The van der Waals surface area contributed by atoms with Crippen molar-refractivity contribution >= 4 is 28.6 Å². The number of aromatic nitrogens is 1. The van der Waals surface area contributed by atoms with E-state index in [9.17, 15) is 23.2 Å². The second kappa shape index (κ2) is 9.29. The molecule has 0 unspecified atom stereocenters. The van der Waals surface area contributed by atoms with Crippen LogP contribution in [0.4, 0.5) is 8.78 Å². The molecule has 31 heavy (non-hydrogen) atoms. The van der Waals surface area contributed by atoms with Crippen molar-refractivity contribution in [2.45, 2.75) is 19.9 Å². The number of benzene rings is 2. The summed E-state index contributed by atoms with van der Waals surface area (Å²) in [5.41, 5.74) is 4.36. The van der Waals surface area contributed by atoms with Gasteiger partial charge in [0, 0.05) is 5.39 Å². The lowest BCUT2D eigenvalue weighted by atomic mass is 10.0. The van der Waals surface area contributed by atoms with Gasteiger partial charge in [0.05, 0.1) is 5.52 Å². The standard InChI is InChI=1S/C22H20F2N4O3/c1-12(2)19(26-21(30)18-14(23)7-5-8-15(18)24)22(31)28-27-20(29)17-11-10-13-6-3-4-9-16(13)25-17/h3-12,19H,1-2H3,(H,26,30)(H,27,29)(H,28,31)/t19-/m0/s1. The highest BCUT2D eigenvalue weighted by Gasteiger charge is 2.27. The second-order valence-corrected chi connectivity index (χ2v) is 7.12. The average molecular weight is 426 g/mol. The van der Waals surface area contributed by atoms with Crippen molar-refractivity contribution in [3.63, 3.8) is 0 Å². The van der Waals surface area contributed by atoms with Crippen LogP contribution in [0.15, 0.2) is 54.6 Å². The number of carbonyl (C=O) groups is 3. The van der Waals surface area contributed by atoms with E-state index in [1.165, 1.54) is 6.07 Å². The van der Waals surface area contributed by atoms with Gasteiger partial charge in [0.2, 0.25) is 0 Å². The van der Waals surface area contributed by atoms with E-state index in [1.54, 1.807) is 32.0 Å². The Morgan fingerprint density at radius 2 is 1.52 bits per heavy atom. The summed E-state index contributed by atoms with van der Waals surface area (Å²) in [6, 6.07) is 12.3. The second-order valence-electron chi connectivity index (χ2n) is 7.12. The lowest BCUT2D eigenvalue weighted by Gasteiger charge is -2.22.